The van der Waals surface area contributed by atoms with Gasteiger partial charge in [-0.25, -0.2) is 4.98 Å². The van der Waals surface area contributed by atoms with E-state index in [1.165, 1.54) is 0 Å². The smallest absolute Gasteiger partial charge is 0.269 e. The third-order valence-corrected chi connectivity index (χ3v) is 3.85. The lowest BCUT2D eigenvalue weighted by atomic mass is 10.1. The molecule has 21 heavy (non-hydrogen) atoms. The first-order chi connectivity index (χ1) is 10.2. The minimum Gasteiger partial charge on any atom is -0.353 e. The number of non-ortho nitro benzene ring substituents is 1. The number of nitrogens with one attached hydrogen (secondary N) is 1. The Morgan fingerprint density at radius 3 is 2.71 bits per heavy atom. The molecule has 1 N–H and O–H groups in total. The lowest BCUT2D eigenvalue weighted by Crippen LogP contribution is -2.09. The molecule has 0 radical (unpaired) electrons. The van der Waals surface area contributed by atoms with Crippen molar-refractivity contribution in [1.82, 2.24) is 9.55 Å². The van der Waals surface area contributed by atoms with Gasteiger partial charge in [0.1, 0.15) is 0 Å². The topological polar surface area (TPSA) is 73.0 Å². The van der Waals surface area contributed by atoms with Crippen molar-refractivity contribution in [2.75, 3.05) is 11.9 Å². The molecule has 6 nitrogen and oxygen atoms in total. The number of nitro groups is 1. The zero-order valence-electron chi connectivity index (χ0n) is 11.1. The second kappa shape index (κ2) is 4.31. The van der Waals surface area contributed by atoms with Gasteiger partial charge in [0.25, 0.3) is 5.69 Å². The van der Waals surface area contributed by atoms with E-state index in [9.17, 15) is 10.1 Å². The zero-order valence-corrected chi connectivity index (χ0v) is 11.1. The number of hydrogen-bond acceptors (Lipinski definition) is 4. The lowest BCUT2D eigenvalue weighted by molar-refractivity contribution is -0.384. The quantitative estimate of drug-likeness (QED) is 0.578. The predicted molar refractivity (Wildman–Crippen MR) is 79.5 cm³/mol. The van der Waals surface area contributed by atoms with Crippen LogP contribution in [0.15, 0.2) is 48.5 Å². The molecule has 1 aliphatic rings. The Labute approximate surface area is 120 Å². The van der Waals surface area contributed by atoms with Crippen LogP contribution in [0.5, 0.6) is 0 Å². The van der Waals surface area contributed by atoms with Crippen molar-refractivity contribution >= 4 is 22.7 Å². The van der Waals surface area contributed by atoms with Gasteiger partial charge in [-0.1, -0.05) is 24.3 Å². The Morgan fingerprint density at radius 2 is 1.95 bits per heavy atom. The maximum Gasteiger partial charge on any atom is 0.269 e. The Kier molecular flexibility index (Phi) is 2.44. The molecular weight excluding hydrogens is 268 g/mol. The number of fused-ring (bicyclic) bond motifs is 3. The highest BCUT2D eigenvalue weighted by Crippen LogP contribution is 2.33. The van der Waals surface area contributed by atoms with Crippen molar-refractivity contribution in [3.8, 4) is 0 Å². The molecule has 3 aromatic rings. The number of hydrogen-bond donors (Lipinski definition) is 1. The summed E-state index contributed by atoms with van der Waals surface area (Å²) in [4.78, 5) is 14.9. The van der Waals surface area contributed by atoms with Gasteiger partial charge in [-0.3, -0.25) is 10.1 Å². The van der Waals surface area contributed by atoms with Crippen molar-refractivity contribution in [2.24, 2.45) is 0 Å². The molecule has 0 fully saturated rings. The number of nitro benzene ring substituents is 1. The van der Waals surface area contributed by atoms with E-state index in [1.54, 1.807) is 12.1 Å². The highest BCUT2D eigenvalue weighted by atomic mass is 16.6. The van der Waals surface area contributed by atoms with E-state index in [-0.39, 0.29) is 16.7 Å². The third kappa shape index (κ3) is 1.76. The maximum absolute atomic E-state index is 10.7. The minimum atomic E-state index is -0.380. The van der Waals surface area contributed by atoms with Gasteiger partial charge in [0.05, 0.1) is 22.0 Å². The molecule has 2 heterocycles. The molecule has 0 saturated carbocycles. The molecule has 0 spiro atoms. The molecular formula is C15H12N4O2. The molecule has 2 aromatic carbocycles. The molecule has 1 atom stereocenters. The fourth-order valence-electron chi connectivity index (χ4n) is 2.85. The number of anilines is 1. The summed E-state index contributed by atoms with van der Waals surface area (Å²) in [5.74, 6) is 0.847. The first-order valence-electron chi connectivity index (χ1n) is 6.69. The van der Waals surface area contributed by atoms with E-state index >= 15 is 0 Å². The Hall–Kier alpha value is -2.89. The van der Waals surface area contributed by atoms with Crippen LogP contribution < -0.4 is 5.32 Å². The standard InChI is InChI=1S/C15H12N4O2/c20-19(21)11-7-5-10(6-8-11)14-9-16-15-17-12-3-1-2-4-13(12)18(14)15/h1-8,14H,9H2,(H,16,17). The molecule has 0 amide bonds. The minimum absolute atomic E-state index is 0.105. The second-order valence-corrected chi connectivity index (χ2v) is 5.04. The molecule has 1 aliphatic heterocycles. The van der Waals surface area contributed by atoms with Crippen LogP contribution in [0.2, 0.25) is 0 Å². The summed E-state index contributed by atoms with van der Waals surface area (Å²) in [5, 5.41) is 14.0. The van der Waals surface area contributed by atoms with Gasteiger partial charge < -0.3 is 9.88 Å². The normalized spacial score (nSPS) is 16.7. The summed E-state index contributed by atoms with van der Waals surface area (Å²) in [6, 6.07) is 14.8. The van der Waals surface area contributed by atoms with E-state index in [4.69, 9.17) is 0 Å². The third-order valence-electron chi connectivity index (χ3n) is 3.85. The molecule has 1 unspecified atom stereocenters. The van der Waals surface area contributed by atoms with E-state index in [0.717, 1.165) is 29.1 Å². The monoisotopic (exact) mass is 280 g/mol. The summed E-state index contributed by atoms with van der Waals surface area (Å²) < 4.78 is 2.15. The number of rotatable bonds is 2. The number of nitrogens with zero attached hydrogens (tertiary/aromatic N) is 3. The Morgan fingerprint density at radius 1 is 1.19 bits per heavy atom. The highest BCUT2D eigenvalue weighted by Gasteiger charge is 2.26. The lowest BCUT2D eigenvalue weighted by Gasteiger charge is -2.13. The predicted octanol–water partition coefficient (Wildman–Crippen LogP) is 2.96. The Bertz CT molecular complexity index is 839. The molecule has 4 rings (SSSR count). The molecule has 0 aliphatic carbocycles. The van der Waals surface area contributed by atoms with Gasteiger partial charge in [0.2, 0.25) is 5.95 Å². The molecule has 1 aromatic heterocycles. The van der Waals surface area contributed by atoms with E-state index < -0.39 is 0 Å². The largest absolute Gasteiger partial charge is 0.353 e. The van der Waals surface area contributed by atoms with Crippen LogP contribution in [0, 0.1) is 10.1 Å². The molecule has 0 bridgehead atoms. The summed E-state index contributed by atoms with van der Waals surface area (Å²) in [7, 11) is 0. The van der Waals surface area contributed by atoms with Crippen molar-refractivity contribution in [3.05, 3.63) is 64.2 Å². The van der Waals surface area contributed by atoms with Crippen molar-refractivity contribution in [3.63, 3.8) is 0 Å². The van der Waals surface area contributed by atoms with Crippen LogP contribution in [-0.2, 0) is 0 Å². The van der Waals surface area contributed by atoms with Gasteiger partial charge in [0.15, 0.2) is 0 Å². The van der Waals surface area contributed by atoms with Gasteiger partial charge in [0, 0.05) is 18.7 Å². The van der Waals surface area contributed by atoms with Crippen molar-refractivity contribution in [1.29, 1.82) is 0 Å². The van der Waals surface area contributed by atoms with Crippen LogP contribution >= 0.6 is 0 Å². The van der Waals surface area contributed by atoms with E-state index in [2.05, 4.69) is 14.9 Å². The van der Waals surface area contributed by atoms with Crippen molar-refractivity contribution < 1.29 is 4.92 Å². The fraction of sp³-hybridized carbons (Fsp3) is 0.133. The number of imidazole rings is 1. The van der Waals surface area contributed by atoms with E-state index in [0.29, 0.717) is 0 Å². The van der Waals surface area contributed by atoms with Crippen LogP contribution in [-0.4, -0.2) is 21.0 Å². The summed E-state index contributed by atoms with van der Waals surface area (Å²) in [6.07, 6.45) is 0. The molecule has 6 heteroatoms. The van der Waals surface area contributed by atoms with Crippen molar-refractivity contribution in [2.45, 2.75) is 6.04 Å². The number of aromatic nitrogens is 2. The fourth-order valence-corrected chi connectivity index (χ4v) is 2.85. The summed E-state index contributed by atoms with van der Waals surface area (Å²) >= 11 is 0. The van der Waals surface area contributed by atoms with Gasteiger partial charge >= 0.3 is 0 Å². The van der Waals surface area contributed by atoms with E-state index in [1.807, 2.05) is 36.4 Å². The average Bonchev–Trinajstić information content (AvgIpc) is 3.06. The first kappa shape index (κ1) is 11.9. The highest BCUT2D eigenvalue weighted by molar-refractivity contribution is 5.80. The Balaban J connectivity index is 1.80. The molecule has 0 saturated heterocycles. The van der Waals surface area contributed by atoms with Crippen LogP contribution in [0.1, 0.15) is 11.6 Å². The van der Waals surface area contributed by atoms with Crippen LogP contribution in [0.3, 0.4) is 0 Å². The van der Waals surface area contributed by atoms with Gasteiger partial charge in [-0.05, 0) is 17.7 Å². The van der Waals surface area contributed by atoms with Crippen LogP contribution in [0.25, 0.3) is 11.0 Å². The average molecular weight is 280 g/mol. The summed E-state index contributed by atoms with van der Waals surface area (Å²) in [6.45, 7) is 0.741. The van der Waals surface area contributed by atoms with Gasteiger partial charge in [-0.15, -0.1) is 0 Å². The SMILES string of the molecule is O=[N+]([O-])c1ccc(C2CNc3nc4ccccc4n32)cc1. The van der Waals surface area contributed by atoms with Crippen LogP contribution in [0.4, 0.5) is 11.6 Å². The maximum atomic E-state index is 10.7. The number of benzene rings is 2. The number of para-hydroxylation sites is 2. The second-order valence-electron chi connectivity index (χ2n) is 5.04. The summed E-state index contributed by atoms with van der Waals surface area (Å²) in [5.41, 5.74) is 3.17. The zero-order chi connectivity index (χ0) is 14.4. The first-order valence-corrected chi connectivity index (χ1v) is 6.69. The van der Waals surface area contributed by atoms with Gasteiger partial charge in [-0.2, -0.15) is 0 Å². The molecule has 104 valence electrons.